The third-order valence-electron chi connectivity index (χ3n) is 2.38. The highest BCUT2D eigenvalue weighted by molar-refractivity contribution is 5.97. The molecule has 0 saturated carbocycles. The van der Waals surface area contributed by atoms with Gasteiger partial charge in [-0.05, 0) is 25.5 Å². The molecule has 0 unspecified atom stereocenters. The van der Waals surface area contributed by atoms with Crippen LogP contribution in [0.3, 0.4) is 0 Å². The molecule has 1 rings (SSSR count). The van der Waals surface area contributed by atoms with Crippen LogP contribution in [0.5, 0.6) is 0 Å². The van der Waals surface area contributed by atoms with E-state index in [0.29, 0.717) is 5.56 Å². The van der Waals surface area contributed by atoms with E-state index >= 15 is 0 Å². The van der Waals surface area contributed by atoms with Crippen molar-refractivity contribution in [3.63, 3.8) is 0 Å². The van der Waals surface area contributed by atoms with Gasteiger partial charge in [0.1, 0.15) is 0 Å². The molecule has 108 valence electrons. The highest BCUT2D eigenvalue weighted by atomic mass is 16.5. The first-order chi connectivity index (χ1) is 9.54. The molecule has 0 aromatic heterocycles. The minimum Gasteiger partial charge on any atom is -0.449 e. The number of rotatable bonds is 4. The van der Waals surface area contributed by atoms with Crippen LogP contribution in [-0.4, -0.2) is 31.1 Å². The lowest BCUT2D eigenvalue weighted by Crippen LogP contribution is -2.46. The molecule has 3 amide bonds. The molecule has 7 heteroatoms. The van der Waals surface area contributed by atoms with Crippen LogP contribution in [-0.2, 0) is 9.53 Å². The standard InChI is InChI=1S/C13H17N3O4/c1-3-20-13(19)16-15-11(17)8-14-12(18)10-7-5-4-6-9(10)2/h4-7H,3,8H2,1-2H3,(H,14,18)(H,15,17)(H,16,19). The van der Waals surface area contributed by atoms with E-state index in [9.17, 15) is 14.4 Å². The topological polar surface area (TPSA) is 96.5 Å². The molecule has 0 spiro atoms. The second-order valence-electron chi connectivity index (χ2n) is 3.89. The summed E-state index contributed by atoms with van der Waals surface area (Å²) in [5.74, 6) is -0.908. The van der Waals surface area contributed by atoms with Crippen LogP contribution in [0.2, 0.25) is 0 Å². The summed E-state index contributed by atoms with van der Waals surface area (Å²) in [6.45, 7) is 3.40. The van der Waals surface area contributed by atoms with Crippen LogP contribution < -0.4 is 16.2 Å². The Kier molecular flexibility index (Phi) is 6.02. The van der Waals surface area contributed by atoms with Crippen molar-refractivity contribution in [2.24, 2.45) is 0 Å². The van der Waals surface area contributed by atoms with E-state index in [4.69, 9.17) is 0 Å². The molecular formula is C13H17N3O4. The number of nitrogens with one attached hydrogen (secondary N) is 3. The SMILES string of the molecule is CCOC(=O)NNC(=O)CNC(=O)c1ccccc1C. The summed E-state index contributed by atoms with van der Waals surface area (Å²) in [5.41, 5.74) is 5.47. The van der Waals surface area contributed by atoms with Gasteiger partial charge in [0, 0.05) is 5.56 Å². The van der Waals surface area contributed by atoms with Crippen molar-refractivity contribution in [3.05, 3.63) is 35.4 Å². The van der Waals surface area contributed by atoms with Gasteiger partial charge < -0.3 is 10.1 Å². The molecular weight excluding hydrogens is 262 g/mol. The van der Waals surface area contributed by atoms with Crippen molar-refractivity contribution in [1.82, 2.24) is 16.2 Å². The zero-order chi connectivity index (χ0) is 15.0. The first-order valence-electron chi connectivity index (χ1n) is 6.10. The number of amides is 3. The van der Waals surface area contributed by atoms with Gasteiger partial charge in [-0.25, -0.2) is 10.2 Å². The normalized spacial score (nSPS) is 9.50. The van der Waals surface area contributed by atoms with Crippen LogP contribution in [0.4, 0.5) is 4.79 Å². The smallest absolute Gasteiger partial charge is 0.426 e. The molecule has 0 saturated heterocycles. The lowest BCUT2D eigenvalue weighted by molar-refractivity contribution is -0.121. The van der Waals surface area contributed by atoms with Crippen LogP contribution in [0.1, 0.15) is 22.8 Å². The Bertz CT molecular complexity index is 502. The van der Waals surface area contributed by atoms with Gasteiger partial charge in [0.05, 0.1) is 13.2 Å². The van der Waals surface area contributed by atoms with Gasteiger partial charge in [-0.1, -0.05) is 18.2 Å². The highest BCUT2D eigenvalue weighted by Gasteiger charge is 2.10. The van der Waals surface area contributed by atoms with E-state index in [1.807, 2.05) is 11.5 Å². The van der Waals surface area contributed by atoms with Gasteiger partial charge in [0.25, 0.3) is 11.8 Å². The number of hydrogen-bond acceptors (Lipinski definition) is 4. The molecule has 0 atom stereocenters. The van der Waals surface area contributed by atoms with Crippen molar-refractivity contribution in [2.45, 2.75) is 13.8 Å². The number of benzene rings is 1. The van der Waals surface area contributed by atoms with Crippen LogP contribution in [0.15, 0.2) is 24.3 Å². The maximum atomic E-state index is 11.8. The Balaban J connectivity index is 2.36. The summed E-state index contributed by atoms with van der Waals surface area (Å²) in [5, 5.41) is 2.45. The largest absolute Gasteiger partial charge is 0.449 e. The van der Waals surface area contributed by atoms with Crippen molar-refractivity contribution in [2.75, 3.05) is 13.2 Å². The van der Waals surface area contributed by atoms with Gasteiger partial charge in [-0.3, -0.25) is 15.0 Å². The Morgan fingerprint density at radius 3 is 2.50 bits per heavy atom. The third-order valence-corrected chi connectivity index (χ3v) is 2.38. The molecule has 0 bridgehead atoms. The summed E-state index contributed by atoms with van der Waals surface area (Å²) in [6.07, 6.45) is -0.758. The first kappa shape index (κ1) is 15.5. The van der Waals surface area contributed by atoms with Crippen molar-refractivity contribution in [1.29, 1.82) is 0 Å². The third kappa shape index (κ3) is 4.97. The number of aryl methyl sites for hydroxylation is 1. The Morgan fingerprint density at radius 2 is 1.85 bits per heavy atom. The summed E-state index contributed by atoms with van der Waals surface area (Å²) >= 11 is 0. The zero-order valence-corrected chi connectivity index (χ0v) is 11.4. The van der Waals surface area contributed by atoms with Crippen LogP contribution in [0, 0.1) is 6.92 Å². The molecule has 0 heterocycles. The number of hydrazine groups is 1. The van der Waals surface area contributed by atoms with E-state index in [-0.39, 0.29) is 19.1 Å². The van der Waals surface area contributed by atoms with Crippen LogP contribution in [0.25, 0.3) is 0 Å². The molecule has 3 N–H and O–H groups in total. The number of ether oxygens (including phenoxy) is 1. The predicted molar refractivity (Wildman–Crippen MR) is 71.8 cm³/mol. The maximum absolute atomic E-state index is 11.8. The van der Waals surface area contributed by atoms with Crippen molar-refractivity contribution >= 4 is 17.9 Å². The molecule has 0 aliphatic carbocycles. The fourth-order valence-corrected chi connectivity index (χ4v) is 1.42. The predicted octanol–water partition coefficient (Wildman–Crippen LogP) is 0.502. The molecule has 1 aromatic rings. The van der Waals surface area contributed by atoms with E-state index < -0.39 is 12.0 Å². The first-order valence-corrected chi connectivity index (χ1v) is 6.10. The molecule has 0 fully saturated rings. The Hall–Kier alpha value is -2.57. The van der Waals surface area contributed by atoms with Gasteiger partial charge in [-0.15, -0.1) is 0 Å². The van der Waals surface area contributed by atoms with Crippen molar-refractivity contribution in [3.8, 4) is 0 Å². The Morgan fingerprint density at radius 1 is 1.15 bits per heavy atom. The molecule has 1 aromatic carbocycles. The average Bonchev–Trinajstić information content (AvgIpc) is 2.43. The minimum absolute atomic E-state index is 0.200. The van der Waals surface area contributed by atoms with Gasteiger partial charge in [0.15, 0.2) is 0 Å². The lowest BCUT2D eigenvalue weighted by atomic mass is 10.1. The average molecular weight is 279 g/mol. The van der Waals surface area contributed by atoms with E-state index in [0.717, 1.165) is 5.56 Å². The Labute approximate surface area is 116 Å². The maximum Gasteiger partial charge on any atom is 0.426 e. The van der Waals surface area contributed by atoms with Gasteiger partial charge in [0.2, 0.25) is 0 Å². The summed E-state index contributed by atoms with van der Waals surface area (Å²) in [6, 6.07) is 7.03. The van der Waals surface area contributed by atoms with Gasteiger partial charge >= 0.3 is 6.09 Å². The molecule has 7 nitrogen and oxygen atoms in total. The fraction of sp³-hybridized carbons (Fsp3) is 0.308. The molecule has 0 aliphatic rings. The quantitative estimate of drug-likeness (QED) is 0.699. The van der Waals surface area contributed by atoms with Crippen molar-refractivity contribution < 1.29 is 19.1 Å². The highest BCUT2D eigenvalue weighted by Crippen LogP contribution is 2.05. The molecule has 20 heavy (non-hydrogen) atoms. The summed E-state index contributed by atoms with van der Waals surface area (Å²) in [4.78, 5) is 34.1. The number of carbonyl (C=O) groups is 3. The molecule has 0 aliphatic heterocycles. The minimum atomic E-state index is -0.758. The summed E-state index contributed by atoms with van der Waals surface area (Å²) < 4.78 is 4.55. The fourth-order valence-electron chi connectivity index (χ4n) is 1.42. The second-order valence-corrected chi connectivity index (χ2v) is 3.89. The zero-order valence-electron chi connectivity index (χ0n) is 11.4. The van der Waals surface area contributed by atoms with Gasteiger partial charge in [-0.2, -0.15) is 0 Å². The van der Waals surface area contributed by atoms with E-state index in [1.165, 1.54) is 0 Å². The van der Waals surface area contributed by atoms with Crippen LogP contribution >= 0.6 is 0 Å². The second kappa shape index (κ2) is 7.78. The summed E-state index contributed by atoms with van der Waals surface area (Å²) in [7, 11) is 0. The lowest BCUT2D eigenvalue weighted by Gasteiger charge is -2.09. The number of hydrogen-bond donors (Lipinski definition) is 3. The van der Waals surface area contributed by atoms with E-state index in [1.54, 1.807) is 32.0 Å². The monoisotopic (exact) mass is 279 g/mol. The van der Waals surface area contributed by atoms with E-state index in [2.05, 4.69) is 15.5 Å². The molecule has 0 radical (unpaired) electrons. The number of carbonyl (C=O) groups excluding carboxylic acids is 3.